The summed E-state index contributed by atoms with van der Waals surface area (Å²) in [5.74, 6) is 1.03. The number of rotatable bonds is 6. The van der Waals surface area contributed by atoms with Crippen molar-refractivity contribution in [2.24, 2.45) is 11.7 Å². The summed E-state index contributed by atoms with van der Waals surface area (Å²) in [6.07, 6.45) is 0.971. The highest BCUT2D eigenvalue weighted by molar-refractivity contribution is 5.84. The second kappa shape index (κ2) is 6.57. The zero-order valence-corrected chi connectivity index (χ0v) is 12.8. The second-order valence-electron chi connectivity index (χ2n) is 5.77. The van der Waals surface area contributed by atoms with E-state index < -0.39 is 0 Å². The number of primary amides is 1. The normalized spacial score (nSPS) is 11.0. The molecule has 4 heteroatoms. The topological polar surface area (TPSA) is 65.2 Å². The van der Waals surface area contributed by atoms with Gasteiger partial charge in [0.05, 0.1) is 12.1 Å². The van der Waals surface area contributed by atoms with Crippen molar-refractivity contribution in [2.75, 3.05) is 6.61 Å². The summed E-state index contributed by atoms with van der Waals surface area (Å²) >= 11 is 0. The number of ether oxygens (including phenoxy) is 1. The smallest absolute Gasteiger partial charge is 0.217 e. The van der Waals surface area contributed by atoms with Gasteiger partial charge < -0.3 is 10.5 Å². The lowest BCUT2D eigenvalue weighted by atomic mass is 10.0. The van der Waals surface area contributed by atoms with E-state index in [9.17, 15) is 4.79 Å². The molecule has 21 heavy (non-hydrogen) atoms. The predicted molar refractivity (Wildman–Crippen MR) is 84.3 cm³/mol. The molecule has 1 aromatic carbocycles. The summed E-state index contributed by atoms with van der Waals surface area (Å²) in [5.41, 5.74) is 8.21. The number of benzene rings is 1. The van der Waals surface area contributed by atoms with Crippen molar-refractivity contribution in [1.82, 2.24) is 4.98 Å². The molecule has 2 rings (SSSR count). The lowest BCUT2D eigenvalue weighted by Gasteiger charge is -2.12. The third kappa shape index (κ3) is 4.18. The Balaban J connectivity index is 2.35. The van der Waals surface area contributed by atoms with Crippen molar-refractivity contribution < 1.29 is 9.53 Å². The standard InChI is InChI=1S/C17H22N2O2/c1-11(2)10-21-14-5-6-16-15(9-14)13(4-7-17(18)20)8-12(3)19-16/h5-6,8-9,11H,4,7,10H2,1-3H3,(H2,18,20). The van der Waals surface area contributed by atoms with Gasteiger partial charge in [-0.3, -0.25) is 9.78 Å². The van der Waals surface area contributed by atoms with Crippen LogP contribution in [0.4, 0.5) is 0 Å². The Morgan fingerprint density at radius 2 is 2.10 bits per heavy atom. The van der Waals surface area contributed by atoms with Gasteiger partial charge in [-0.05, 0) is 49.1 Å². The lowest BCUT2D eigenvalue weighted by Crippen LogP contribution is -2.11. The number of hydrogen-bond acceptors (Lipinski definition) is 3. The molecule has 0 aliphatic heterocycles. The van der Waals surface area contributed by atoms with Gasteiger partial charge in [0.2, 0.25) is 5.91 Å². The van der Waals surface area contributed by atoms with E-state index in [2.05, 4.69) is 18.8 Å². The molecule has 1 aromatic heterocycles. The zero-order chi connectivity index (χ0) is 15.4. The minimum absolute atomic E-state index is 0.287. The van der Waals surface area contributed by atoms with Crippen LogP contribution in [0, 0.1) is 12.8 Å². The van der Waals surface area contributed by atoms with Crippen molar-refractivity contribution in [3.8, 4) is 5.75 Å². The number of fused-ring (bicyclic) bond motifs is 1. The molecule has 0 saturated heterocycles. The Morgan fingerprint density at radius 1 is 1.33 bits per heavy atom. The van der Waals surface area contributed by atoms with Crippen molar-refractivity contribution in [1.29, 1.82) is 0 Å². The monoisotopic (exact) mass is 286 g/mol. The molecule has 1 heterocycles. The van der Waals surface area contributed by atoms with Gasteiger partial charge in [0.15, 0.2) is 0 Å². The van der Waals surface area contributed by atoms with Gasteiger partial charge in [0.25, 0.3) is 0 Å². The molecule has 0 saturated carbocycles. The molecule has 4 nitrogen and oxygen atoms in total. The summed E-state index contributed by atoms with van der Waals surface area (Å²) in [4.78, 5) is 15.5. The van der Waals surface area contributed by atoms with Gasteiger partial charge in [-0.25, -0.2) is 0 Å². The number of carbonyl (C=O) groups is 1. The maximum atomic E-state index is 11.0. The first kappa shape index (κ1) is 15.3. The van der Waals surface area contributed by atoms with Gasteiger partial charge >= 0.3 is 0 Å². The van der Waals surface area contributed by atoms with Gasteiger partial charge in [-0.2, -0.15) is 0 Å². The zero-order valence-electron chi connectivity index (χ0n) is 12.8. The van der Waals surface area contributed by atoms with Gasteiger partial charge in [0, 0.05) is 17.5 Å². The minimum atomic E-state index is -0.287. The first-order chi connectivity index (χ1) is 9.95. The maximum Gasteiger partial charge on any atom is 0.217 e. The van der Waals surface area contributed by atoms with Crippen LogP contribution >= 0.6 is 0 Å². The summed E-state index contributed by atoms with van der Waals surface area (Å²) in [5, 5.41) is 1.03. The van der Waals surface area contributed by atoms with Crippen molar-refractivity contribution in [3.05, 3.63) is 35.5 Å². The fraction of sp³-hybridized carbons (Fsp3) is 0.412. The average Bonchev–Trinajstić information content (AvgIpc) is 2.42. The molecule has 0 radical (unpaired) electrons. The number of hydrogen-bond donors (Lipinski definition) is 1. The van der Waals surface area contributed by atoms with Gasteiger partial charge in [-0.15, -0.1) is 0 Å². The Hall–Kier alpha value is -2.10. The number of carbonyl (C=O) groups excluding carboxylic acids is 1. The fourth-order valence-corrected chi connectivity index (χ4v) is 2.24. The van der Waals surface area contributed by atoms with Crippen molar-refractivity contribution >= 4 is 16.8 Å². The number of aryl methyl sites for hydroxylation is 2. The van der Waals surface area contributed by atoms with Gasteiger partial charge in [0.1, 0.15) is 5.75 Å². The molecule has 0 aliphatic carbocycles. The van der Waals surface area contributed by atoms with E-state index in [1.165, 1.54) is 0 Å². The highest BCUT2D eigenvalue weighted by atomic mass is 16.5. The third-order valence-corrected chi connectivity index (χ3v) is 3.22. The van der Waals surface area contributed by atoms with E-state index >= 15 is 0 Å². The first-order valence-electron chi connectivity index (χ1n) is 7.27. The van der Waals surface area contributed by atoms with Crippen LogP contribution in [-0.2, 0) is 11.2 Å². The van der Waals surface area contributed by atoms with Crippen molar-refractivity contribution in [3.63, 3.8) is 0 Å². The van der Waals surface area contributed by atoms with Crippen LogP contribution < -0.4 is 10.5 Å². The molecule has 0 atom stereocenters. The maximum absolute atomic E-state index is 11.0. The van der Waals surface area contributed by atoms with Crippen LogP contribution in [0.5, 0.6) is 5.75 Å². The molecule has 0 unspecified atom stereocenters. The number of aromatic nitrogens is 1. The van der Waals surface area contributed by atoms with Crippen molar-refractivity contribution in [2.45, 2.75) is 33.6 Å². The number of amides is 1. The molecule has 2 N–H and O–H groups in total. The van der Waals surface area contributed by atoms with E-state index in [0.29, 0.717) is 25.4 Å². The largest absolute Gasteiger partial charge is 0.493 e. The van der Waals surface area contributed by atoms with E-state index in [4.69, 9.17) is 10.5 Å². The van der Waals surface area contributed by atoms with Crippen LogP contribution in [0.25, 0.3) is 10.9 Å². The van der Waals surface area contributed by atoms with E-state index in [0.717, 1.165) is 27.9 Å². The molecule has 0 bridgehead atoms. The molecular formula is C17H22N2O2. The summed E-state index contributed by atoms with van der Waals surface area (Å²) in [6.45, 7) is 6.87. The van der Waals surface area contributed by atoms with Crippen LogP contribution in [0.1, 0.15) is 31.5 Å². The SMILES string of the molecule is Cc1cc(CCC(N)=O)c2cc(OCC(C)C)ccc2n1. The molecule has 0 aliphatic rings. The molecular weight excluding hydrogens is 264 g/mol. The fourth-order valence-electron chi connectivity index (χ4n) is 2.24. The average molecular weight is 286 g/mol. The molecule has 112 valence electrons. The Labute approximate surface area is 125 Å². The minimum Gasteiger partial charge on any atom is -0.493 e. The van der Waals surface area contributed by atoms with Crippen LogP contribution in [0.2, 0.25) is 0 Å². The van der Waals surface area contributed by atoms with Crippen LogP contribution in [0.3, 0.4) is 0 Å². The number of nitrogens with two attached hydrogens (primary N) is 1. The first-order valence-corrected chi connectivity index (χ1v) is 7.27. The lowest BCUT2D eigenvalue weighted by molar-refractivity contribution is -0.117. The summed E-state index contributed by atoms with van der Waals surface area (Å²) in [6, 6.07) is 7.92. The summed E-state index contributed by atoms with van der Waals surface area (Å²) < 4.78 is 5.77. The number of pyridine rings is 1. The Kier molecular flexibility index (Phi) is 4.78. The van der Waals surface area contributed by atoms with E-state index in [-0.39, 0.29) is 5.91 Å². The Morgan fingerprint density at radius 3 is 2.76 bits per heavy atom. The molecule has 1 amide bonds. The highest BCUT2D eigenvalue weighted by Gasteiger charge is 2.08. The highest BCUT2D eigenvalue weighted by Crippen LogP contribution is 2.25. The van der Waals surface area contributed by atoms with Crippen LogP contribution in [-0.4, -0.2) is 17.5 Å². The summed E-state index contributed by atoms with van der Waals surface area (Å²) in [7, 11) is 0. The molecule has 0 fully saturated rings. The van der Waals surface area contributed by atoms with E-state index in [1.54, 1.807) is 0 Å². The molecule has 0 spiro atoms. The molecule has 2 aromatic rings. The van der Waals surface area contributed by atoms with Gasteiger partial charge in [-0.1, -0.05) is 13.8 Å². The third-order valence-electron chi connectivity index (χ3n) is 3.22. The van der Waals surface area contributed by atoms with Crippen LogP contribution in [0.15, 0.2) is 24.3 Å². The predicted octanol–water partition coefficient (Wildman–Crippen LogP) is 3.00. The Bertz CT molecular complexity index is 651. The number of nitrogens with zero attached hydrogens (tertiary/aromatic N) is 1. The second-order valence-corrected chi connectivity index (χ2v) is 5.77. The quantitative estimate of drug-likeness (QED) is 0.887. The van der Waals surface area contributed by atoms with E-state index in [1.807, 2.05) is 31.2 Å².